The quantitative estimate of drug-likeness (QED) is 0.630. The van der Waals surface area contributed by atoms with Gasteiger partial charge in [0.25, 0.3) is 5.91 Å². The van der Waals surface area contributed by atoms with Crippen LogP contribution in [0.2, 0.25) is 5.02 Å². The van der Waals surface area contributed by atoms with Crippen molar-refractivity contribution in [2.24, 2.45) is 5.16 Å². The predicted octanol–water partition coefficient (Wildman–Crippen LogP) is 2.55. The Hall–Kier alpha value is -1.62. The summed E-state index contributed by atoms with van der Waals surface area (Å²) in [5, 5.41) is 12.0. The monoisotopic (exact) mass is 270 g/mol. The van der Waals surface area contributed by atoms with Gasteiger partial charge in [-0.1, -0.05) is 16.8 Å². The zero-order valence-electron chi connectivity index (χ0n) is 9.57. The van der Waals surface area contributed by atoms with Gasteiger partial charge in [0.1, 0.15) is 5.82 Å². The maximum Gasteiger partial charge on any atom is 0.256 e. The van der Waals surface area contributed by atoms with Crippen molar-refractivity contribution >= 4 is 23.2 Å². The Morgan fingerprint density at radius 3 is 2.61 bits per heavy atom. The lowest BCUT2D eigenvalue weighted by molar-refractivity contribution is 0.0749. The number of likely N-dealkylation sites (tertiary alicyclic amines) is 1. The number of hydrogen-bond donors (Lipinski definition) is 1. The first-order chi connectivity index (χ1) is 8.61. The van der Waals surface area contributed by atoms with Crippen molar-refractivity contribution in [2.45, 2.75) is 12.8 Å². The molecular formula is C12H12ClFN2O2. The van der Waals surface area contributed by atoms with E-state index >= 15 is 0 Å². The normalized spacial score (nSPS) is 15.7. The fourth-order valence-corrected chi connectivity index (χ4v) is 2.06. The molecule has 0 aromatic heterocycles. The van der Waals surface area contributed by atoms with Crippen molar-refractivity contribution in [2.75, 3.05) is 13.1 Å². The van der Waals surface area contributed by atoms with E-state index in [4.69, 9.17) is 16.8 Å². The van der Waals surface area contributed by atoms with Gasteiger partial charge in [-0.2, -0.15) is 0 Å². The van der Waals surface area contributed by atoms with Crippen molar-refractivity contribution in [3.8, 4) is 0 Å². The topological polar surface area (TPSA) is 52.9 Å². The van der Waals surface area contributed by atoms with Crippen LogP contribution in [0.15, 0.2) is 23.4 Å². The standard InChI is InChI=1S/C12H12ClFN2O2/c13-8-1-2-10(11(14)7-8)12(17)16-5-3-9(15-18)4-6-16/h1-2,7,18H,3-6H2. The van der Waals surface area contributed by atoms with E-state index in [-0.39, 0.29) is 16.5 Å². The summed E-state index contributed by atoms with van der Waals surface area (Å²) in [5.41, 5.74) is 0.680. The molecule has 1 aliphatic heterocycles. The number of oxime groups is 1. The van der Waals surface area contributed by atoms with Gasteiger partial charge in [0.15, 0.2) is 0 Å². The van der Waals surface area contributed by atoms with Gasteiger partial charge in [-0.3, -0.25) is 4.79 Å². The summed E-state index contributed by atoms with van der Waals surface area (Å²) in [7, 11) is 0. The van der Waals surface area contributed by atoms with Gasteiger partial charge in [-0.05, 0) is 18.2 Å². The third kappa shape index (κ3) is 2.61. The van der Waals surface area contributed by atoms with Gasteiger partial charge in [-0.25, -0.2) is 4.39 Å². The molecule has 1 aromatic rings. The highest BCUT2D eigenvalue weighted by atomic mass is 35.5. The molecule has 0 aliphatic carbocycles. The molecular weight excluding hydrogens is 259 g/mol. The number of amides is 1. The molecule has 0 spiro atoms. The molecule has 0 bridgehead atoms. The first-order valence-corrected chi connectivity index (χ1v) is 5.93. The van der Waals surface area contributed by atoms with Crippen molar-refractivity contribution in [1.82, 2.24) is 4.90 Å². The maximum atomic E-state index is 13.6. The zero-order chi connectivity index (χ0) is 13.1. The minimum absolute atomic E-state index is 0.0174. The minimum atomic E-state index is -0.617. The van der Waals surface area contributed by atoms with Gasteiger partial charge >= 0.3 is 0 Å². The van der Waals surface area contributed by atoms with Crippen LogP contribution in [0.3, 0.4) is 0 Å². The second-order valence-corrected chi connectivity index (χ2v) is 4.52. The van der Waals surface area contributed by atoms with Gasteiger partial charge in [0, 0.05) is 31.0 Å². The minimum Gasteiger partial charge on any atom is -0.411 e. The van der Waals surface area contributed by atoms with E-state index in [9.17, 15) is 9.18 Å². The average Bonchev–Trinajstić information content (AvgIpc) is 2.38. The van der Waals surface area contributed by atoms with E-state index in [0.29, 0.717) is 31.6 Å². The van der Waals surface area contributed by atoms with Crippen molar-refractivity contribution in [1.29, 1.82) is 0 Å². The highest BCUT2D eigenvalue weighted by Gasteiger charge is 2.23. The fraction of sp³-hybridized carbons (Fsp3) is 0.333. The summed E-state index contributed by atoms with van der Waals surface area (Å²) < 4.78 is 13.6. The van der Waals surface area contributed by atoms with Crippen LogP contribution >= 0.6 is 11.6 Å². The summed E-state index contributed by atoms with van der Waals surface area (Å²) in [6, 6.07) is 4.00. The van der Waals surface area contributed by atoms with Gasteiger partial charge in [-0.15, -0.1) is 0 Å². The third-order valence-corrected chi connectivity index (χ3v) is 3.17. The molecule has 4 nitrogen and oxygen atoms in total. The van der Waals surface area contributed by atoms with E-state index in [2.05, 4.69) is 5.16 Å². The van der Waals surface area contributed by atoms with E-state index in [1.807, 2.05) is 0 Å². The molecule has 18 heavy (non-hydrogen) atoms. The molecule has 1 heterocycles. The maximum absolute atomic E-state index is 13.6. The van der Waals surface area contributed by atoms with Gasteiger partial charge in [0.05, 0.1) is 11.3 Å². The molecule has 1 N–H and O–H groups in total. The average molecular weight is 271 g/mol. The van der Waals surface area contributed by atoms with Crippen LogP contribution in [0.25, 0.3) is 0 Å². The predicted molar refractivity (Wildman–Crippen MR) is 65.8 cm³/mol. The number of nitrogens with zero attached hydrogens (tertiary/aromatic N) is 2. The van der Waals surface area contributed by atoms with Gasteiger partial charge < -0.3 is 10.1 Å². The summed E-state index contributed by atoms with van der Waals surface area (Å²) in [4.78, 5) is 13.6. The Kier molecular flexibility index (Phi) is 3.81. The number of hydrogen-bond acceptors (Lipinski definition) is 3. The Balaban J connectivity index is 2.12. The third-order valence-electron chi connectivity index (χ3n) is 2.93. The smallest absolute Gasteiger partial charge is 0.256 e. The summed E-state index contributed by atoms with van der Waals surface area (Å²) in [6.45, 7) is 0.862. The van der Waals surface area contributed by atoms with Crippen LogP contribution in [0.4, 0.5) is 4.39 Å². The summed E-state index contributed by atoms with van der Waals surface area (Å²) >= 11 is 5.64. The summed E-state index contributed by atoms with van der Waals surface area (Å²) in [5.74, 6) is -0.977. The van der Waals surface area contributed by atoms with E-state index in [1.54, 1.807) is 4.90 Å². The SMILES string of the molecule is O=C(c1ccc(Cl)cc1F)N1CCC(=NO)CC1. The van der Waals surface area contributed by atoms with E-state index < -0.39 is 5.82 Å². The molecule has 0 atom stereocenters. The lowest BCUT2D eigenvalue weighted by Gasteiger charge is -2.27. The number of benzene rings is 1. The van der Waals surface area contributed by atoms with E-state index in [0.717, 1.165) is 6.07 Å². The number of carbonyl (C=O) groups is 1. The van der Waals surface area contributed by atoms with Crippen LogP contribution in [0.1, 0.15) is 23.2 Å². The highest BCUT2D eigenvalue weighted by Crippen LogP contribution is 2.18. The lowest BCUT2D eigenvalue weighted by Crippen LogP contribution is -2.39. The van der Waals surface area contributed by atoms with Crippen LogP contribution in [0.5, 0.6) is 0 Å². The molecule has 6 heteroatoms. The molecule has 1 amide bonds. The highest BCUT2D eigenvalue weighted by molar-refractivity contribution is 6.30. The number of piperidine rings is 1. The number of rotatable bonds is 1. The molecule has 0 saturated carbocycles. The first kappa shape index (κ1) is 12.8. The molecule has 0 unspecified atom stereocenters. The molecule has 1 aromatic carbocycles. The van der Waals surface area contributed by atoms with Gasteiger partial charge in [0.2, 0.25) is 0 Å². The second kappa shape index (κ2) is 5.35. The first-order valence-electron chi connectivity index (χ1n) is 5.56. The summed E-state index contributed by atoms with van der Waals surface area (Å²) in [6.07, 6.45) is 1.02. The Morgan fingerprint density at radius 2 is 2.06 bits per heavy atom. The fourth-order valence-electron chi connectivity index (χ4n) is 1.90. The van der Waals surface area contributed by atoms with Crippen molar-refractivity contribution < 1.29 is 14.4 Å². The van der Waals surface area contributed by atoms with Crippen LogP contribution < -0.4 is 0 Å². The molecule has 96 valence electrons. The Bertz CT molecular complexity index is 495. The Labute approximate surface area is 109 Å². The van der Waals surface area contributed by atoms with Crippen LogP contribution in [0, 0.1) is 5.82 Å². The molecule has 1 aliphatic rings. The second-order valence-electron chi connectivity index (χ2n) is 4.08. The zero-order valence-corrected chi connectivity index (χ0v) is 10.3. The molecule has 2 rings (SSSR count). The van der Waals surface area contributed by atoms with Crippen molar-refractivity contribution in [3.63, 3.8) is 0 Å². The van der Waals surface area contributed by atoms with Crippen LogP contribution in [-0.4, -0.2) is 34.8 Å². The number of carbonyl (C=O) groups excluding carboxylic acids is 1. The number of halogens is 2. The van der Waals surface area contributed by atoms with Crippen LogP contribution in [-0.2, 0) is 0 Å². The van der Waals surface area contributed by atoms with Crippen molar-refractivity contribution in [3.05, 3.63) is 34.6 Å². The molecule has 1 fully saturated rings. The van der Waals surface area contributed by atoms with E-state index in [1.165, 1.54) is 12.1 Å². The molecule has 1 saturated heterocycles. The molecule has 0 radical (unpaired) electrons. The Morgan fingerprint density at radius 1 is 1.39 bits per heavy atom. The largest absolute Gasteiger partial charge is 0.411 e. The lowest BCUT2D eigenvalue weighted by atomic mass is 10.1.